The van der Waals surface area contributed by atoms with Crippen LogP contribution in [-0.2, 0) is 6.54 Å². The summed E-state index contributed by atoms with van der Waals surface area (Å²) in [5.41, 5.74) is 1.46. The number of ether oxygens (including phenoxy) is 2. The van der Waals surface area contributed by atoms with Crippen LogP contribution in [0.2, 0.25) is 5.02 Å². The lowest BCUT2D eigenvalue weighted by Crippen LogP contribution is -2.58. The molecule has 0 atom stereocenters. The molecular formula is C20H28ClNO2. The summed E-state index contributed by atoms with van der Waals surface area (Å²) in [6.07, 6.45) is 8.47. The quantitative estimate of drug-likeness (QED) is 0.799. The maximum atomic E-state index is 6.49. The number of halogens is 1. The van der Waals surface area contributed by atoms with Crippen LogP contribution in [0.15, 0.2) is 12.1 Å². The Labute approximate surface area is 150 Å². The van der Waals surface area contributed by atoms with Crippen molar-refractivity contribution < 1.29 is 9.47 Å². The third kappa shape index (κ3) is 3.01. The molecule has 0 unspecified atom stereocenters. The van der Waals surface area contributed by atoms with Gasteiger partial charge in [-0.1, -0.05) is 11.6 Å². The topological polar surface area (TPSA) is 30.5 Å². The lowest BCUT2D eigenvalue weighted by atomic mass is 9.53. The summed E-state index contributed by atoms with van der Waals surface area (Å²) >= 11 is 6.49. The van der Waals surface area contributed by atoms with Gasteiger partial charge in [0.2, 0.25) is 0 Å². The fourth-order valence-electron chi connectivity index (χ4n) is 5.75. The molecule has 132 valence electrons. The van der Waals surface area contributed by atoms with Gasteiger partial charge in [0.1, 0.15) is 0 Å². The minimum absolute atomic E-state index is 0.351. The predicted octanol–water partition coefficient (Wildman–Crippen LogP) is 4.81. The van der Waals surface area contributed by atoms with E-state index in [-0.39, 0.29) is 0 Å². The molecule has 4 aliphatic rings. The maximum Gasteiger partial charge on any atom is 0.162 e. The van der Waals surface area contributed by atoms with Crippen LogP contribution in [0.4, 0.5) is 0 Å². The fraction of sp³-hybridized carbons (Fsp3) is 0.700. The molecule has 0 aliphatic heterocycles. The first kappa shape index (κ1) is 16.5. The normalized spacial score (nSPS) is 33.7. The second-order valence-corrected chi connectivity index (χ2v) is 8.49. The Balaban J connectivity index is 1.50. The molecule has 4 bridgehead atoms. The molecule has 0 heterocycles. The van der Waals surface area contributed by atoms with E-state index in [0.717, 1.165) is 40.6 Å². The zero-order chi connectivity index (χ0) is 16.7. The van der Waals surface area contributed by atoms with Gasteiger partial charge in [0.25, 0.3) is 0 Å². The van der Waals surface area contributed by atoms with Gasteiger partial charge in [-0.25, -0.2) is 0 Å². The Kier molecular flexibility index (Phi) is 4.42. The molecule has 5 rings (SSSR count). The van der Waals surface area contributed by atoms with E-state index in [1.54, 1.807) is 7.11 Å². The van der Waals surface area contributed by atoms with Gasteiger partial charge in [0.15, 0.2) is 11.5 Å². The summed E-state index contributed by atoms with van der Waals surface area (Å²) in [7, 11) is 1.65. The molecule has 0 amide bonds. The van der Waals surface area contributed by atoms with Gasteiger partial charge in [-0.15, -0.1) is 0 Å². The van der Waals surface area contributed by atoms with E-state index < -0.39 is 0 Å². The van der Waals surface area contributed by atoms with E-state index in [2.05, 4.69) is 5.32 Å². The lowest BCUT2D eigenvalue weighted by molar-refractivity contribution is -0.0206. The van der Waals surface area contributed by atoms with E-state index in [9.17, 15) is 0 Å². The Morgan fingerprint density at radius 3 is 2.25 bits per heavy atom. The minimum Gasteiger partial charge on any atom is -0.493 e. The van der Waals surface area contributed by atoms with E-state index in [0.29, 0.717) is 17.9 Å². The molecule has 0 radical (unpaired) electrons. The van der Waals surface area contributed by atoms with Crippen LogP contribution < -0.4 is 14.8 Å². The number of hydrogen-bond acceptors (Lipinski definition) is 3. The monoisotopic (exact) mass is 349 g/mol. The highest BCUT2D eigenvalue weighted by atomic mass is 35.5. The summed E-state index contributed by atoms with van der Waals surface area (Å²) in [5.74, 6) is 4.35. The Morgan fingerprint density at radius 2 is 1.71 bits per heavy atom. The molecule has 3 nitrogen and oxygen atoms in total. The van der Waals surface area contributed by atoms with E-state index >= 15 is 0 Å². The SMILES string of the molecule is CCOc1cc(CNC23CC4CC(CC(C4)C2)C3)c(Cl)cc1OC. The third-order valence-electron chi connectivity index (χ3n) is 6.32. The first-order valence-corrected chi connectivity index (χ1v) is 9.73. The average molecular weight is 350 g/mol. The molecule has 0 saturated heterocycles. The number of benzene rings is 1. The second-order valence-electron chi connectivity index (χ2n) is 8.08. The van der Waals surface area contributed by atoms with Gasteiger partial charge in [0, 0.05) is 23.2 Å². The van der Waals surface area contributed by atoms with Crippen LogP contribution in [0.25, 0.3) is 0 Å². The second kappa shape index (κ2) is 6.42. The zero-order valence-electron chi connectivity index (χ0n) is 14.7. The highest BCUT2D eigenvalue weighted by Crippen LogP contribution is 2.55. The maximum absolute atomic E-state index is 6.49. The molecule has 4 saturated carbocycles. The van der Waals surface area contributed by atoms with Crippen molar-refractivity contribution in [2.24, 2.45) is 17.8 Å². The minimum atomic E-state index is 0.351. The van der Waals surface area contributed by atoms with Crippen molar-refractivity contribution in [2.45, 2.75) is 57.5 Å². The molecule has 4 fully saturated rings. The van der Waals surface area contributed by atoms with Crippen molar-refractivity contribution in [2.75, 3.05) is 13.7 Å². The highest BCUT2D eigenvalue weighted by molar-refractivity contribution is 6.31. The van der Waals surface area contributed by atoms with Crippen LogP contribution in [-0.4, -0.2) is 19.3 Å². The molecular weight excluding hydrogens is 322 g/mol. The largest absolute Gasteiger partial charge is 0.493 e. The van der Waals surface area contributed by atoms with Crippen molar-refractivity contribution in [1.29, 1.82) is 0 Å². The smallest absolute Gasteiger partial charge is 0.162 e. The highest BCUT2D eigenvalue weighted by Gasteiger charge is 2.50. The molecule has 1 aromatic carbocycles. The molecule has 4 heteroatoms. The summed E-state index contributed by atoms with van der Waals surface area (Å²) < 4.78 is 11.1. The molecule has 0 spiro atoms. The molecule has 24 heavy (non-hydrogen) atoms. The molecule has 4 aliphatic carbocycles. The van der Waals surface area contributed by atoms with Crippen LogP contribution in [0.1, 0.15) is 51.0 Å². The van der Waals surface area contributed by atoms with Crippen LogP contribution in [0, 0.1) is 17.8 Å². The van der Waals surface area contributed by atoms with E-state index in [1.165, 1.54) is 38.5 Å². The number of nitrogens with one attached hydrogen (secondary N) is 1. The molecule has 0 aromatic heterocycles. The van der Waals surface area contributed by atoms with Gasteiger partial charge in [-0.2, -0.15) is 0 Å². The van der Waals surface area contributed by atoms with Crippen molar-refractivity contribution in [3.8, 4) is 11.5 Å². The Bertz CT molecular complexity index is 581. The van der Waals surface area contributed by atoms with Gasteiger partial charge in [-0.05, 0) is 74.8 Å². The summed E-state index contributed by atoms with van der Waals surface area (Å²) in [6, 6.07) is 3.92. The molecule has 1 aromatic rings. The average Bonchev–Trinajstić information content (AvgIpc) is 2.54. The number of methoxy groups -OCH3 is 1. The first-order valence-electron chi connectivity index (χ1n) is 9.35. The molecule has 1 N–H and O–H groups in total. The first-order chi connectivity index (χ1) is 11.6. The van der Waals surface area contributed by atoms with Crippen LogP contribution in [0.3, 0.4) is 0 Å². The van der Waals surface area contributed by atoms with Crippen LogP contribution >= 0.6 is 11.6 Å². The number of rotatable bonds is 6. The van der Waals surface area contributed by atoms with Gasteiger partial charge in [0.05, 0.1) is 13.7 Å². The Hall–Kier alpha value is -0.930. The van der Waals surface area contributed by atoms with Gasteiger partial charge in [-0.3, -0.25) is 0 Å². The van der Waals surface area contributed by atoms with E-state index in [1.807, 2.05) is 19.1 Å². The van der Waals surface area contributed by atoms with Crippen molar-refractivity contribution in [1.82, 2.24) is 5.32 Å². The number of hydrogen-bond donors (Lipinski definition) is 1. The third-order valence-corrected chi connectivity index (χ3v) is 6.68. The Morgan fingerprint density at radius 1 is 1.08 bits per heavy atom. The van der Waals surface area contributed by atoms with E-state index in [4.69, 9.17) is 21.1 Å². The zero-order valence-corrected chi connectivity index (χ0v) is 15.5. The summed E-state index contributed by atoms with van der Waals surface area (Å²) in [4.78, 5) is 0. The summed E-state index contributed by atoms with van der Waals surface area (Å²) in [5, 5.41) is 4.67. The van der Waals surface area contributed by atoms with Gasteiger partial charge >= 0.3 is 0 Å². The van der Waals surface area contributed by atoms with Gasteiger partial charge < -0.3 is 14.8 Å². The predicted molar refractivity (Wildman–Crippen MR) is 96.9 cm³/mol. The van der Waals surface area contributed by atoms with Crippen molar-refractivity contribution in [3.63, 3.8) is 0 Å². The van der Waals surface area contributed by atoms with Crippen molar-refractivity contribution >= 4 is 11.6 Å². The lowest BCUT2D eigenvalue weighted by Gasteiger charge is -2.57. The standard InChI is InChI=1S/C20H28ClNO2/c1-3-24-19-7-16(17(21)8-18(19)23-2)12-22-20-9-13-4-14(10-20)6-15(5-13)11-20/h7-8,13-15,22H,3-6,9-12H2,1-2H3. The van der Waals surface area contributed by atoms with Crippen LogP contribution in [0.5, 0.6) is 11.5 Å². The summed E-state index contributed by atoms with van der Waals surface area (Å²) in [6.45, 7) is 3.43. The van der Waals surface area contributed by atoms with Crippen molar-refractivity contribution in [3.05, 3.63) is 22.7 Å². The fourth-order valence-corrected chi connectivity index (χ4v) is 5.97.